The summed E-state index contributed by atoms with van der Waals surface area (Å²) >= 11 is 3.21. The fourth-order valence-corrected chi connectivity index (χ4v) is 3.17. The third-order valence-electron chi connectivity index (χ3n) is 2.73. The van der Waals surface area contributed by atoms with Gasteiger partial charge < -0.3 is 5.11 Å². The summed E-state index contributed by atoms with van der Waals surface area (Å²) in [6, 6.07) is 6.16. The van der Waals surface area contributed by atoms with E-state index in [1.54, 1.807) is 12.1 Å². The summed E-state index contributed by atoms with van der Waals surface area (Å²) in [6.07, 6.45) is 0. The van der Waals surface area contributed by atoms with E-state index in [2.05, 4.69) is 15.9 Å². The van der Waals surface area contributed by atoms with Crippen molar-refractivity contribution in [3.8, 4) is 0 Å². The van der Waals surface area contributed by atoms with E-state index in [1.165, 1.54) is 26.0 Å². The summed E-state index contributed by atoms with van der Waals surface area (Å²) in [6.45, 7) is 2.81. The molecule has 1 rings (SSSR count). The Morgan fingerprint density at radius 1 is 1.24 bits per heavy atom. The van der Waals surface area contributed by atoms with Gasteiger partial charge in [0.15, 0.2) is 9.84 Å². The fraction of sp³-hybridized carbons (Fsp3) is 0.364. The number of benzene rings is 1. The number of rotatable bonds is 4. The number of halogens is 1. The minimum atomic E-state index is -3.60. The van der Waals surface area contributed by atoms with Crippen molar-refractivity contribution in [2.24, 2.45) is 5.92 Å². The third kappa shape index (κ3) is 3.07. The lowest BCUT2D eigenvalue weighted by molar-refractivity contribution is -0.141. The lowest BCUT2D eigenvalue weighted by Gasteiger charge is -2.16. The summed E-state index contributed by atoms with van der Waals surface area (Å²) in [5.74, 6) is -2.05. The average Bonchev–Trinajstić information content (AvgIpc) is 2.27. The molecule has 1 aromatic rings. The molecule has 0 saturated heterocycles. The zero-order valence-electron chi connectivity index (χ0n) is 9.42. The van der Waals surface area contributed by atoms with Crippen molar-refractivity contribution in [1.82, 2.24) is 0 Å². The van der Waals surface area contributed by atoms with Crippen molar-refractivity contribution in [2.75, 3.05) is 0 Å². The SMILES string of the molecule is CC(C(=O)O)C(C)S(=O)(=O)c1ccc(Br)cc1. The first-order chi connectivity index (χ1) is 7.76. The molecule has 0 spiro atoms. The molecular formula is C11H13BrO4S. The summed E-state index contributed by atoms with van der Waals surface area (Å²) < 4.78 is 25.0. The lowest BCUT2D eigenvalue weighted by atomic mass is 10.1. The second-order valence-corrected chi connectivity index (χ2v) is 7.05. The summed E-state index contributed by atoms with van der Waals surface area (Å²) in [5.41, 5.74) is 0. The van der Waals surface area contributed by atoms with Gasteiger partial charge in [0.05, 0.1) is 16.1 Å². The van der Waals surface area contributed by atoms with Gasteiger partial charge in [-0.25, -0.2) is 8.42 Å². The number of sulfone groups is 1. The Morgan fingerprint density at radius 3 is 2.12 bits per heavy atom. The molecule has 0 aliphatic rings. The van der Waals surface area contributed by atoms with E-state index in [4.69, 9.17) is 5.11 Å². The Labute approximate surface area is 109 Å². The normalized spacial score (nSPS) is 15.2. The van der Waals surface area contributed by atoms with Crippen LogP contribution in [0.15, 0.2) is 33.6 Å². The van der Waals surface area contributed by atoms with Crippen LogP contribution in [0.25, 0.3) is 0 Å². The van der Waals surface area contributed by atoms with Gasteiger partial charge in [-0.3, -0.25) is 4.79 Å². The molecule has 0 fully saturated rings. The van der Waals surface area contributed by atoms with Crippen LogP contribution in [0.2, 0.25) is 0 Å². The highest BCUT2D eigenvalue weighted by Gasteiger charge is 2.32. The molecule has 0 bridgehead atoms. The van der Waals surface area contributed by atoms with Crippen molar-refractivity contribution >= 4 is 31.7 Å². The fourth-order valence-electron chi connectivity index (χ4n) is 1.31. The highest BCUT2D eigenvalue weighted by Crippen LogP contribution is 2.23. The summed E-state index contributed by atoms with van der Waals surface area (Å²) in [5, 5.41) is 7.88. The van der Waals surface area contributed by atoms with Crippen LogP contribution in [0.1, 0.15) is 13.8 Å². The molecule has 0 amide bonds. The summed E-state index contributed by atoms with van der Waals surface area (Å²) in [7, 11) is -3.60. The molecule has 2 unspecified atom stereocenters. The number of aliphatic carboxylic acids is 1. The van der Waals surface area contributed by atoms with Gasteiger partial charge in [-0.1, -0.05) is 22.9 Å². The number of hydrogen-bond acceptors (Lipinski definition) is 3. The topological polar surface area (TPSA) is 71.4 Å². The van der Waals surface area contributed by atoms with Crippen molar-refractivity contribution in [3.05, 3.63) is 28.7 Å². The highest BCUT2D eigenvalue weighted by molar-refractivity contribution is 9.10. The van der Waals surface area contributed by atoms with Gasteiger partial charge >= 0.3 is 5.97 Å². The predicted octanol–water partition coefficient (Wildman–Crippen LogP) is 2.33. The van der Waals surface area contributed by atoms with Crippen LogP contribution >= 0.6 is 15.9 Å². The number of carbonyl (C=O) groups is 1. The van der Waals surface area contributed by atoms with Gasteiger partial charge in [-0.15, -0.1) is 0 Å². The average molecular weight is 321 g/mol. The molecule has 1 N–H and O–H groups in total. The molecule has 94 valence electrons. The van der Waals surface area contributed by atoms with E-state index >= 15 is 0 Å². The van der Waals surface area contributed by atoms with Crippen LogP contribution in [-0.2, 0) is 14.6 Å². The standard InChI is InChI=1S/C11H13BrO4S/c1-7(11(13)14)8(2)17(15,16)10-5-3-9(12)4-6-10/h3-8H,1-2H3,(H,13,14). The third-order valence-corrected chi connectivity index (χ3v) is 5.57. The Kier molecular flexibility index (Phi) is 4.32. The highest BCUT2D eigenvalue weighted by atomic mass is 79.9. The molecule has 6 heteroatoms. The van der Waals surface area contributed by atoms with Gasteiger partial charge in [-0.05, 0) is 31.2 Å². The van der Waals surface area contributed by atoms with Gasteiger partial charge in [0.1, 0.15) is 0 Å². The van der Waals surface area contributed by atoms with Gasteiger partial charge in [0.2, 0.25) is 0 Å². The Bertz CT molecular complexity index is 507. The number of carboxylic acid groups (broad SMARTS) is 1. The first-order valence-electron chi connectivity index (χ1n) is 4.99. The molecule has 0 radical (unpaired) electrons. The predicted molar refractivity (Wildman–Crippen MR) is 67.6 cm³/mol. The zero-order valence-corrected chi connectivity index (χ0v) is 11.8. The van der Waals surface area contributed by atoms with Crippen LogP contribution in [0, 0.1) is 5.92 Å². The van der Waals surface area contributed by atoms with Gasteiger partial charge in [0.25, 0.3) is 0 Å². The smallest absolute Gasteiger partial charge is 0.307 e. The number of carboxylic acids is 1. The minimum Gasteiger partial charge on any atom is -0.481 e. The second-order valence-electron chi connectivity index (χ2n) is 3.83. The van der Waals surface area contributed by atoms with Crippen molar-refractivity contribution in [2.45, 2.75) is 24.0 Å². The maximum Gasteiger partial charge on any atom is 0.307 e. The van der Waals surface area contributed by atoms with Crippen LogP contribution in [0.4, 0.5) is 0 Å². The van der Waals surface area contributed by atoms with E-state index in [9.17, 15) is 13.2 Å². The zero-order chi connectivity index (χ0) is 13.2. The molecule has 0 heterocycles. The van der Waals surface area contributed by atoms with Crippen LogP contribution in [0.3, 0.4) is 0 Å². The number of hydrogen-bond donors (Lipinski definition) is 1. The molecule has 17 heavy (non-hydrogen) atoms. The molecule has 0 aliphatic heterocycles. The van der Waals surface area contributed by atoms with Crippen molar-refractivity contribution in [3.63, 3.8) is 0 Å². The van der Waals surface area contributed by atoms with Gasteiger partial charge in [-0.2, -0.15) is 0 Å². The minimum absolute atomic E-state index is 0.140. The Hall–Kier alpha value is -0.880. The van der Waals surface area contributed by atoms with Crippen LogP contribution < -0.4 is 0 Å². The molecule has 0 saturated carbocycles. The van der Waals surface area contributed by atoms with Crippen LogP contribution in [-0.4, -0.2) is 24.7 Å². The van der Waals surface area contributed by atoms with E-state index in [0.29, 0.717) is 0 Å². The molecule has 4 nitrogen and oxygen atoms in total. The Balaban J connectivity index is 3.11. The molecular weight excluding hydrogens is 308 g/mol. The second kappa shape index (κ2) is 5.18. The van der Waals surface area contributed by atoms with E-state index in [0.717, 1.165) is 4.47 Å². The maximum atomic E-state index is 12.1. The quantitative estimate of drug-likeness (QED) is 0.924. The van der Waals surface area contributed by atoms with Crippen LogP contribution in [0.5, 0.6) is 0 Å². The molecule has 0 aromatic heterocycles. The van der Waals surface area contributed by atoms with Crippen molar-refractivity contribution < 1.29 is 18.3 Å². The molecule has 1 aromatic carbocycles. The molecule has 2 atom stereocenters. The summed E-state index contributed by atoms with van der Waals surface area (Å²) in [4.78, 5) is 10.9. The van der Waals surface area contributed by atoms with Gasteiger partial charge in [0, 0.05) is 4.47 Å². The Morgan fingerprint density at radius 2 is 1.71 bits per heavy atom. The maximum absolute atomic E-state index is 12.1. The first-order valence-corrected chi connectivity index (χ1v) is 7.33. The largest absolute Gasteiger partial charge is 0.481 e. The molecule has 0 aliphatic carbocycles. The van der Waals surface area contributed by atoms with E-state index in [-0.39, 0.29) is 4.90 Å². The van der Waals surface area contributed by atoms with E-state index in [1.807, 2.05) is 0 Å². The monoisotopic (exact) mass is 320 g/mol. The lowest BCUT2D eigenvalue weighted by Crippen LogP contribution is -2.30. The van der Waals surface area contributed by atoms with E-state index < -0.39 is 27.0 Å². The van der Waals surface area contributed by atoms with Crippen molar-refractivity contribution in [1.29, 1.82) is 0 Å². The first kappa shape index (κ1) is 14.2.